The van der Waals surface area contributed by atoms with Gasteiger partial charge < -0.3 is 5.32 Å². The molecule has 0 radical (unpaired) electrons. The summed E-state index contributed by atoms with van der Waals surface area (Å²) < 4.78 is 26.8. The van der Waals surface area contributed by atoms with Crippen molar-refractivity contribution in [1.82, 2.24) is 15.0 Å². The zero-order valence-corrected chi connectivity index (χ0v) is 13.6. The molecular formula is C12H17N3O2S3. The first-order chi connectivity index (χ1) is 9.62. The van der Waals surface area contributed by atoms with Crippen molar-refractivity contribution in [1.29, 1.82) is 0 Å². The van der Waals surface area contributed by atoms with Crippen LogP contribution < -0.4 is 10.0 Å². The molecule has 2 aromatic heterocycles. The number of hydrogen-bond donors (Lipinski definition) is 2. The number of thiazole rings is 1. The van der Waals surface area contributed by atoms with Gasteiger partial charge in [-0.05, 0) is 12.6 Å². The molecule has 0 aliphatic carbocycles. The van der Waals surface area contributed by atoms with Crippen LogP contribution in [0.4, 0.5) is 0 Å². The lowest BCUT2D eigenvalue weighted by Crippen LogP contribution is -2.25. The minimum Gasteiger partial charge on any atom is -0.312 e. The zero-order chi connectivity index (χ0) is 14.4. The van der Waals surface area contributed by atoms with Crippen LogP contribution in [0.2, 0.25) is 0 Å². The third-order valence-electron chi connectivity index (χ3n) is 2.65. The highest BCUT2D eigenvalue weighted by molar-refractivity contribution is 7.89. The second-order valence-electron chi connectivity index (χ2n) is 4.16. The van der Waals surface area contributed by atoms with Crippen LogP contribution in [0, 0.1) is 0 Å². The third kappa shape index (κ3) is 4.35. The van der Waals surface area contributed by atoms with Crippen LogP contribution in [0.1, 0.15) is 17.5 Å². The predicted molar refractivity (Wildman–Crippen MR) is 82.7 cm³/mol. The summed E-state index contributed by atoms with van der Waals surface area (Å²) in [6, 6.07) is 1.72. The Morgan fingerprint density at radius 1 is 1.35 bits per heavy atom. The molecule has 0 amide bonds. The molecule has 0 spiro atoms. The van der Waals surface area contributed by atoms with Gasteiger partial charge in [-0.2, -0.15) is 0 Å². The molecule has 8 heteroatoms. The molecule has 2 aromatic rings. The van der Waals surface area contributed by atoms with Crippen molar-refractivity contribution in [3.8, 4) is 0 Å². The van der Waals surface area contributed by atoms with Gasteiger partial charge in [-0.25, -0.2) is 18.1 Å². The van der Waals surface area contributed by atoms with E-state index in [9.17, 15) is 8.42 Å². The molecule has 0 fully saturated rings. The lowest BCUT2D eigenvalue weighted by molar-refractivity contribution is 0.581. The standard InChI is InChI=1S/C12H17N3O2S3/c1-2-13-6-11-5-12(8-19-11)20(16,17)15-4-3-10-7-18-9-14-10/h5,7-9,13,15H,2-4,6H2,1H3. The summed E-state index contributed by atoms with van der Waals surface area (Å²) in [4.78, 5) is 5.49. The van der Waals surface area contributed by atoms with Crippen molar-refractivity contribution in [3.05, 3.63) is 32.9 Å². The van der Waals surface area contributed by atoms with Gasteiger partial charge in [-0.15, -0.1) is 22.7 Å². The molecule has 110 valence electrons. The average molecular weight is 331 g/mol. The van der Waals surface area contributed by atoms with E-state index in [2.05, 4.69) is 15.0 Å². The summed E-state index contributed by atoms with van der Waals surface area (Å²) >= 11 is 2.97. The Balaban J connectivity index is 1.90. The molecule has 0 bridgehead atoms. The summed E-state index contributed by atoms with van der Waals surface area (Å²) in [6.45, 7) is 3.96. The predicted octanol–water partition coefficient (Wildman–Crippen LogP) is 1.84. The Morgan fingerprint density at radius 2 is 2.20 bits per heavy atom. The number of thiophene rings is 1. The molecule has 2 heterocycles. The maximum absolute atomic E-state index is 12.1. The molecule has 2 rings (SSSR count). The summed E-state index contributed by atoms with van der Waals surface area (Å²) in [5.41, 5.74) is 2.66. The van der Waals surface area contributed by atoms with Crippen LogP contribution in [-0.2, 0) is 23.0 Å². The molecule has 0 unspecified atom stereocenters. The van der Waals surface area contributed by atoms with Gasteiger partial charge in [0, 0.05) is 35.1 Å². The fraction of sp³-hybridized carbons (Fsp3) is 0.417. The molecule has 0 aromatic carbocycles. The van der Waals surface area contributed by atoms with Gasteiger partial charge in [-0.1, -0.05) is 6.92 Å². The first kappa shape index (κ1) is 15.6. The zero-order valence-electron chi connectivity index (χ0n) is 11.1. The number of nitrogens with zero attached hydrogens (tertiary/aromatic N) is 1. The maximum atomic E-state index is 12.1. The van der Waals surface area contributed by atoms with Gasteiger partial charge in [-0.3, -0.25) is 0 Å². The smallest absolute Gasteiger partial charge is 0.241 e. The topological polar surface area (TPSA) is 71.1 Å². The van der Waals surface area contributed by atoms with E-state index in [1.165, 1.54) is 22.7 Å². The average Bonchev–Trinajstić information content (AvgIpc) is 3.07. The molecule has 0 aliphatic heterocycles. The summed E-state index contributed by atoms with van der Waals surface area (Å²) in [5.74, 6) is 0. The molecule has 0 saturated heterocycles. The van der Waals surface area contributed by atoms with Gasteiger partial charge >= 0.3 is 0 Å². The Kier molecular flexibility index (Phi) is 5.67. The van der Waals surface area contributed by atoms with Gasteiger partial charge in [0.25, 0.3) is 0 Å². The highest BCUT2D eigenvalue weighted by Gasteiger charge is 2.15. The van der Waals surface area contributed by atoms with E-state index in [1.807, 2.05) is 12.3 Å². The first-order valence-corrected chi connectivity index (χ1v) is 9.57. The Morgan fingerprint density at radius 3 is 2.90 bits per heavy atom. The van der Waals surface area contributed by atoms with Gasteiger partial charge in [0.2, 0.25) is 10.0 Å². The molecule has 0 atom stereocenters. The minimum atomic E-state index is -3.41. The Labute approximate surface area is 127 Å². The van der Waals surface area contributed by atoms with Crippen LogP contribution in [0.15, 0.2) is 27.2 Å². The quantitative estimate of drug-likeness (QED) is 0.774. The second-order valence-corrected chi connectivity index (χ2v) is 7.64. The van der Waals surface area contributed by atoms with E-state index >= 15 is 0 Å². The molecule has 20 heavy (non-hydrogen) atoms. The van der Waals surface area contributed by atoms with E-state index in [4.69, 9.17) is 0 Å². The molecule has 5 nitrogen and oxygen atoms in total. The third-order valence-corrected chi connectivity index (χ3v) is 5.81. The molecule has 0 saturated carbocycles. The van der Waals surface area contributed by atoms with Crippen LogP contribution >= 0.6 is 22.7 Å². The number of hydrogen-bond acceptors (Lipinski definition) is 6. The fourth-order valence-corrected chi connectivity index (χ4v) is 4.47. The van der Waals surface area contributed by atoms with E-state index in [-0.39, 0.29) is 0 Å². The Bertz CT molecular complexity index is 620. The van der Waals surface area contributed by atoms with E-state index in [0.29, 0.717) is 24.4 Å². The lowest BCUT2D eigenvalue weighted by atomic mass is 10.3. The van der Waals surface area contributed by atoms with Crippen molar-refractivity contribution in [3.63, 3.8) is 0 Å². The van der Waals surface area contributed by atoms with Crippen LogP contribution in [0.3, 0.4) is 0 Å². The minimum absolute atomic E-state index is 0.341. The summed E-state index contributed by atoms with van der Waals surface area (Å²) in [6.07, 6.45) is 0.608. The maximum Gasteiger partial charge on any atom is 0.241 e. The summed E-state index contributed by atoms with van der Waals surface area (Å²) in [7, 11) is -3.41. The van der Waals surface area contributed by atoms with Crippen LogP contribution in [-0.4, -0.2) is 26.5 Å². The fourth-order valence-electron chi connectivity index (χ4n) is 1.60. The van der Waals surface area contributed by atoms with Crippen LogP contribution in [0.25, 0.3) is 0 Å². The van der Waals surface area contributed by atoms with Crippen LogP contribution in [0.5, 0.6) is 0 Å². The monoisotopic (exact) mass is 331 g/mol. The number of rotatable bonds is 8. The molecule has 2 N–H and O–H groups in total. The SMILES string of the molecule is CCNCc1cc(S(=O)(=O)NCCc2cscn2)cs1. The lowest BCUT2D eigenvalue weighted by Gasteiger charge is -2.03. The van der Waals surface area contributed by atoms with Gasteiger partial charge in [0.1, 0.15) is 0 Å². The molecule has 0 aliphatic rings. The highest BCUT2D eigenvalue weighted by atomic mass is 32.2. The number of sulfonamides is 1. The van der Waals surface area contributed by atoms with Crippen molar-refractivity contribution >= 4 is 32.7 Å². The van der Waals surface area contributed by atoms with Crippen molar-refractivity contribution < 1.29 is 8.42 Å². The van der Waals surface area contributed by atoms with E-state index < -0.39 is 10.0 Å². The van der Waals surface area contributed by atoms with Crippen molar-refractivity contribution in [2.24, 2.45) is 0 Å². The summed E-state index contributed by atoms with van der Waals surface area (Å²) in [5, 5.41) is 6.78. The van der Waals surface area contributed by atoms with E-state index in [1.54, 1.807) is 17.0 Å². The molecular weight excluding hydrogens is 314 g/mol. The van der Waals surface area contributed by atoms with Crippen molar-refractivity contribution in [2.75, 3.05) is 13.1 Å². The van der Waals surface area contributed by atoms with E-state index in [0.717, 1.165) is 17.1 Å². The number of aromatic nitrogens is 1. The largest absolute Gasteiger partial charge is 0.312 e. The van der Waals surface area contributed by atoms with Gasteiger partial charge in [0.15, 0.2) is 0 Å². The first-order valence-electron chi connectivity index (χ1n) is 6.26. The van der Waals surface area contributed by atoms with Gasteiger partial charge in [0.05, 0.1) is 16.1 Å². The van der Waals surface area contributed by atoms with Crippen molar-refractivity contribution in [2.45, 2.75) is 24.8 Å². The highest BCUT2D eigenvalue weighted by Crippen LogP contribution is 2.19. The normalized spacial score (nSPS) is 11.8. The Hall–Kier alpha value is -0.800. The number of nitrogens with one attached hydrogen (secondary N) is 2. The second kappa shape index (κ2) is 7.28.